The van der Waals surface area contributed by atoms with Gasteiger partial charge in [0.1, 0.15) is 13.1 Å². The SMILES string of the molecule is CC(C)CCN(CC(=O)N(CCS(N)(=O)=O)CC(=O)N(CC(N)=O)Cc1ccc([N+](=O)[O-])cc1)C(=O)CN(CCCP(=O)(O)O)C(=O)CN(Cc1ccc([N+](=O)[O-])cc1)C(=O)CN(CCc1c[nH]c2ccccc12)C(=O)CN(CCCCP(=O)(O)O)C(=O)CN(Cc1ccc([N+](=O)[O-])cc1)C(=O)CN(CCc1ccccc1)C(=O)CNCc1ccc([N+](=O)[O-])cc1. The quantitative estimate of drug-likeness (QED) is 0.0116. The highest BCUT2D eigenvalue weighted by Gasteiger charge is 2.34. The molecule has 46 heteroatoms. The molecule has 0 aliphatic heterocycles. The van der Waals surface area contributed by atoms with Crippen LogP contribution in [0.5, 0.6) is 0 Å². The number of nitrogens with two attached hydrogens (primary N) is 2. The van der Waals surface area contributed by atoms with E-state index in [1.807, 2.05) is 0 Å². The van der Waals surface area contributed by atoms with Gasteiger partial charge in [0, 0.05) is 137 Å². The highest BCUT2D eigenvalue weighted by atomic mass is 32.2. The second-order valence-electron chi connectivity index (χ2n) is 30.1. The number of aromatic nitrogens is 1. The number of H-pyrrole nitrogens is 1. The second kappa shape index (κ2) is 48.0. The molecular weight excluding hydrogens is 1710 g/mol. The zero-order valence-corrected chi connectivity index (χ0v) is 71.7. The molecule has 7 aromatic rings. The van der Waals surface area contributed by atoms with E-state index in [4.69, 9.17) is 10.9 Å². The summed E-state index contributed by atoms with van der Waals surface area (Å²) in [6.07, 6.45) is -0.528. The van der Waals surface area contributed by atoms with Crippen LogP contribution in [0.3, 0.4) is 0 Å². The van der Waals surface area contributed by atoms with Crippen molar-refractivity contribution >= 4 is 118 Å². The van der Waals surface area contributed by atoms with Crippen LogP contribution in [-0.2, 0) is 106 Å². The van der Waals surface area contributed by atoms with Crippen molar-refractivity contribution in [1.29, 1.82) is 0 Å². The fraction of sp³-hybridized carbons (Fsp3) is 0.400. The van der Waals surface area contributed by atoms with Crippen molar-refractivity contribution < 1.29 is 105 Å². The van der Waals surface area contributed by atoms with E-state index in [0.717, 1.165) is 81.2 Å². The van der Waals surface area contributed by atoms with E-state index in [1.54, 1.807) is 74.6 Å². The highest BCUT2D eigenvalue weighted by molar-refractivity contribution is 7.89. The summed E-state index contributed by atoms with van der Waals surface area (Å²) < 4.78 is 49.6. The van der Waals surface area contributed by atoms with Crippen LogP contribution in [0.4, 0.5) is 22.7 Å². The Labute approximate surface area is 723 Å². The Bertz CT molecular complexity index is 5220. The third kappa shape index (κ3) is 34.8. The maximum Gasteiger partial charge on any atom is 0.325 e. The highest BCUT2D eigenvalue weighted by Crippen LogP contribution is 2.36. The van der Waals surface area contributed by atoms with E-state index >= 15 is 24.0 Å². The fourth-order valence-corrected chi connectivity index (χ4v) is 14.6. The predicted molar refractivity (Wildman–Crippen MR) is 456 cm³/mol. The smallest absolute Gasteiger partial charge is 0.325 e. The van der Waals surface area contributed by atoms with E-state index in [9.17, 15) is 102 Å². The summed E-state index contributed by atoms with van der Waals surface area (Å²) in [5, 5.41) is 55.5. The molecule has 0 atom stereocenters. The van der Waals surface area contributed by atoms with Crippen LogP contribution >= 0.6 is 15.2 Å². The number of carbonyl (C=O) groups excluding carboxylic acids is 10. The number of carbonyl (C=O) groups is 10. The lowest BCUT2D eigenvalue weighted by Gasteiger charge is -2.33. The van der Waals surface area contributed by atoms with Crippen molar-refractivity contribution in [1.82, 2.24) is 54.4 Å². The molecule has 7 rings (SSSR count). The van der Waals surface area contributed by atoms with Gasteiger partial charge in [-0.25, -0.2) is 13.6 Å². The van der Waals surface area contributed by atoms with Gasteiger partial charge in [-0.05, 0) is 83.9 Å². The van der Waals surface area contributed by atoms with Crippen LogP contribution < -0.4 is 16.2 Å². The van der Waals surface area contributed by atoms with Crippen LogP contribution in [0.25, 0.3) is 10.9 Å². The number of aromatic amines is 1. The first-order valence-electron chi connectivity index (χ1n) is 39.6. The van der Waals surface area contributed by atoms with Gasteiger partial charge in [0.25, 0.3) is 22.7 Å². The number of rotatable bonds is 53. The van der Waals surface area contributed by atoms with Gasteiger partial charge < -0.3 is 79.7 Å². The molecule has 0 aliphatic carbocycles. The average molecular weight is 1810 g/mol. The van der Waals surface area contributed by atoms with Crippen molar-refractivity contribution in [2.24, 2.45) is 16.8 Å². The molecule has 1 heterocycles. The number of para-hydroxylation sites is 1. The molecule has 0 spiro atoms. The third-order valence-electron chi connectivity index (χ3n) is 19.9. The molecule has 10 N–H and O–H groups in total. The van der Waals surface area contributed by atoms with Gasteiger partial charge in [-0.1, -0.05) is 111 Å². The maximum atomic E-state index is 15.6. The number of amides is 10. The van der Waals surface area contributed by atoms with E-state index in [0.29, 0.717) is 22.0 Å². The molecule has 0 bridgehead atoms. The van der Waals surface area contributed by atoms with Gasteiger partial charge in [0.15, 0.2) is 0 Å². The zero-order valence-electron chi connectivity index (χ0n) is 69.1. The minimum absolute atomic E-state index is 0.0341. The van der Waals surface area contributed by atoms with Gasteiger partial charge in [0.2, 0.25) is 69.1 Å². The molecule has 0 radical (unpaired) electrons. The van der Waals surface area contributed by atoms with Crippen LogP contribution in [-0.4, -0.2) is 279 Å². The molecule has 43 nitrogen and oxygen atoms in total. The molecule has 0 saturated carbocycles. The number of nitro benzene ring substituents is 4. The van der Waals surface area contributed by atoms with Crippen LogP contribution in [0.1, 0.15) is 72.9 Å². The minimum Gasteiger partial charge on any atom is -0.368 e. The summed E-state index contributed by atoms with van der Waals surface area (Å²) in [5.74, 6) is -10.9. The summed E-state index contributed by atoms with van der Waals surface area (Å²) in [5.41, 5.74) is 7.51. The molecule has 0 saturated heterocycles. The monoisotopic (exact) mass is 1810 g/mol. The maximum absolute atomic E-state index is 15.6. The van der Waals surface area contributed by atoms with Gasteiger partial charge >= 0.3 is 15.2 Å². The Balaban J connectivity index is 1.24. The standard InChI is InChI=1S/C80H101N17O26P2S/c1-58(2)31-36-88(52-75(102)90(39-42-126(82,122)123)55-78(105)91(49-71(81)98)46-61-17-25-66(26-18-61)95(110)111)73(100)51-86(35-10-41-125(119,120)121)77(104)57-93(48-63-21-29-68(30-22-63)97(114)115)80(107)54-89(38-33-64-44-84-70-14-7-6-13-69(64)70)74(101)50-85(34-8-9-40-124(116,117)118)76(103)56-92(47-62-19-27-67(28-20-62)96(112)113)79(106)53-87(37-32-59-11-4-3-5-12-59)72(99)45-83-43-60-15-23-65(24-16-60)94(108)109/h3-7,11-30,44,58,83-84H,8-10,31-43,45-57H2,1-2H3,(H2,81,98)(H2,82,122,123)(H2,116,117,118)(H2,119,120,121). The zero-order chi connectivity index (χ0) is 92.6. The Morgan fingerprint density at radius 2 is 0.754 bits per heavy atom. The first-order chi connectivity index (χ1) is 59.5. The molecule has 126 heavy (non-hydrogen) atoms. The van der Waals surface area contributed by atoms with Crippen molar-refractivity contribution in [2.45, 2.75) is 78.6 Å². The summed E-state index contributed by atoms with van der Waals surface area (Å²) in [6, 6.07) is 35.9. The summed E-state index contributed by atoms with van der Waals surface area (Å²) in [6.45, 7) is -9.05. The van der Waals surface area contributed by atoms with Crippen LogP contribution in [0.2, 0.25) is 0 Å². The lowest BCUT2D eigenvalue weighted by molar-refractivity contribution is -0.385. The molecule has 678 valence electrons. The minimum atomic E-state index is -4.88. The summed E-state index contributed by atoms with van der Waals surface area (Å²) >= 11 is 0. The van der Waals surface area contributed by atoms with Crippen molar-refractivity contribution in [2.75, 3.05) is 123 Å². The van der Waals surface area contributed by atoms with Crippen molar-refractivity contribution in [3.8, 4) is 0 Å². The number of hydrogen-bond donors (Lipinski definition) is 8. The number of unbranched alkanes of at least 4 members (excludes halogenated alkanes) is 1. The van der Waals surface area contributed by atoms with Gasteiger partial charge in [-0.3, -0.25) is 97.5 Å². The second-order valence-corrected chi connectivity index (χ2v) is 35.4. The van der Waals surface area contributed by atoms with Gasteiger partial charge in [-0.15, -0.1) is 0 Å². The normalized spacial score (nSPS) is 11.5. The summed E-state index contributed by atoms with van der Waals surface area (Å²) in [4.78, 5) is 243. The number of hydrogen-bond acceptors (Lipinski definition) is 23. The molecule has 6 aromatic carbocycles. The Kier molecular flexibility index (Phi) is 38.2. The Morgan fingerprint density at radius 1 is 0.413 bits per heavy atom. The number of primary amides is 1. The Morgan fingerprint density at radius 3 is 1.16 bits per heavy atom. The van der Waals surface area contributed by atoms with E-state index in [2.05, 4.69) is 10.3 Å². The van der Waals surface area contributed by atoms with E-state index in [-0.39, 0.29) is 104 Å². The van der Waals surface area contributed by atoms with E-state index in [1.165, 1.54) is 65.6 Å². The number of nitrogens with zero attached hydrogens (tertiary/aromatic N) is 13. The van der Waals surface area contributed by atoms with Gasteiger partial charge in [0.05, 0.1) is 84.0 Å². The molecule has 0 aliphatic rings. The first kappa shape index (κ1) is 100. The van der Waals surface area contributed by atoms with Crippen LogP contribution in [0.15, 0.2) is 158 Å². The van der Waals surface area contributed by atoms with Gasteiger partial charge in [-0.2, -0.15) is 0 Å². The number of sulfonamides is 1. The lowest BCUT2D eigenvalue weighted by atomic mass is 10.1. The average Bonchev–Trinajstić information content (AvgIpc) is 1.58. The molecule has 0 unspecified atom stereocenters. The Hall–Kier alpha value is -12.7. The molecular formula is C80H101N17O26P2S. The number of nitrogens with one attached hydrogen (secondary N) is 2. The lowest BCUT2D eigenvalue weighted by Crippen LogP contribution is -2.53. The fourth-order valence-electron chi connectivity index (χ4n) is 13.0. The first-order valence-corrected chi connectivity index (χ1v) is 44.9. The van der Waals surface area contributed by atoms with E-state index < -0.39 is 232 Å². The van der Waals surface area contributed by atoms with Crippen molar-refractivity contribution in [3.63, 3.8) is 0 Å². The van der Waals surface area contributed by atoms with Crippen molar-refractivity contribution in [3.05, 3.63) is 232 Å². The number of benzene rings is 6. The number of non-ortho nitro benzene ring substituents is 4. The topological polar surface area (TPSA) is 601 Å². The number of nitro groups is 4. The van der Waals surface area contributed by atoms with Crippen LogP contribution in [0, 0.1) is 46.4 Å². The predicted octanol–water partition coefficient (Wildman–Crippen LogP) is 3.78. The number of primary sulfonamides is 1. The number of fused-ring (bicyclic) bond motifs is 1. The molecule has 10 amide bonds. The third-order valence-corrected chi connectivity index (χ3v) is 22.5. The molecule has 1 aromatic heterocycles. The molecule has 0 fully saturated rings. The summed E-state index contributed by atoms with van der Waals surface area (Å²) in [7, 11) is -14.0. The largest absolute Gasteiger partial charge is 0.368 e.